The van der Waals surface area contributed by atoms with Gasteiger partial charge >= 0.3 is 12.1 Å². The van der Waals surface area contributed by atoms with Gasteiger partial charge in [0.2, 0.25) is 0 Å². The van der Waals surface area contributed by atoms with Crippen LogP contribution in [0.1, 0.15) is 22.6 Å². The fraction of sp³-hybridized carbons (Fsp3) is 0.200. The Morgan fingerprint density at radius 1 is 0.895 bits per heavy atom. The number of nitrogens with two attached hydrogens (primary N) is 1. The Morgan fingerprint density at radius 2 is 1.50 bits per heavy atom. The van der Waals surface area contributed by atoms with E-state index in [2.05, 4.69) is 5.43 Å². The number of aliphatic hydroxyl groups excluding tert-OH is 1. The summed E-state index contributed by atoms with van der Waals surface area (Å²) >= 11 is 0. The van der Waals surface area contributed by atoms with E-state index in [1.54, 1.807) is 0 Å². The van der Waals surface area contributed by atoms with E-state index in [9.17, 15) is 19.8 Å². The number of rotatable bonds is 9. The zero-order chi connectivity index (χ0) is 26.6. The Hall–Kier alpha value is -4.24. The van der Waals surface area contributed by atoms with Gasteiger partial charge in [0.15, 0.2) is 0 Å². The van der Waals surface area contributed by atoms with Crippen LogP contribution in [-0.4, -0.2) is 52.7 Å². The van der Waals surface area contributed by atoms with Crippen LogP contribution < -0.4 is 11.2 Å². The minimum absolute atomic E-state index is 0.0545. The van der Waals surface area contributed by atoms with E-state index in [0.29, 0.717) is 0 Å². The van der Waals surface area contributed by atoms with Crippen molar-refractivity contribution in [3.05, 3.63) is 108 Å². The maximum atomic E-state index is 12.8. The lowest BCUT2D eigenvalue weighted by Crippen LogP contribution is -2.57. The third-order valence-electron chi connectivity index (χ3n) is 6.92. The smallest absolute Gasteiger partial charge is 0.421 e. The van der Waals surface area contributed by atoms with Crippen LogP contribution >= 0.6 is 0 Å². The summed E-state index contributed by atoms with van der Waals surface area (Å²) in [5.74, 6) is -1.39. The number of fused-ring (bicyclic) bond motifs is 4. The monoisotopic (exact) mass is 511 g/mol. The van der Waals surface area contributed by atoms with Crippen LogP contribution in [0.2, 0.25) is 0 Å². The van der Waals surface area contributed by atoms with E-state index in [4.69, 9.17) is 10.5 Å². The molecular formula is C30H29N3O5. The highest BCUT2D eigenvalue weighted by Crippen LogP contribution is 2.44. The number of aliphatic carboxylic acids is 1. The van der Waals surface area contributed by atoms with Gasteiger partial charge in [-0.05, 0) is 45.0 Å². The van der Waals surface area contributed by atoms with Crippen molar-refractivity contribution in [2.24, 2.45) is 5.73 Å². The zero-order valence-electron chi connectivity index (χ0n) is 20.7. The number of benzene rings is 4. The first-order chi connectivity index (χ1) is 18.4. The van der Waals surface area contributed by atoms with Gasteiger partial charge in [0, 0.05) is 12.0 Å². The maximum absolute atomic E-state index is 12.8. The van der Waals surface area contributed by atoms with Gasteiger partial charge in [0.1, 0.15) is 19.4 Å². The molecule has 1 aliphatic carbocycles. The molecule has 1 aliphatic rings. The van der Waals surface area contributed by atoms with Crippen LogP contribution in [0.4, 0.5) is 4.79 Å². The molecule has 0 aromatic heterocycles. The molecule has 5 N–H and O–H groups in total. The second kappa shape index (κ2) is 11.0. The van der Waals surface area contributed by atoms with E-state index < -0.39 is 30.9 Å². The van der Waals surface area contributed by atoms with Gasteiger partial charge in [-0.2, -0.15) is 5.01 Å². The lowest BCUT2D eigenvalue weighted by atomic mass is 9.98. The molecule has 0 saturated carbocycles. The van der Waals surface area contributed by atoms with Gasteiger partial charge in [0.05, 0.1) is 0 Å². The lowest BCUT2D eigenvalue weighted by Gasteiger charge is -2.30. The molecule has 194 valence electrons. The Bertz CT molecular complexity index is 1420. The van der Waals surface area contributed by atoms with E-state index in [0.717, 1.165) is 43.6 Å². The molecule has 2 atom stereocenters. The second-order valence-corrected chi connectivity index (χ2v) is 9.38. The number of ether oxygens (including phenoxy) is 1. The first-order valence-corrected chi connectivity index (χ1v) is 12.4. The number of nitrogens with zero attached hydrogens (tertiary/aromatic N) is 1. The summed E-state index contributed by atoms with van der Waals surface area (Å²) in [7, 11) is 0. The molecule has 1 unspecified atom stereocenters. The number of aliphatic hydroxyl groups is 1. The van der Waals surface area contributed by atoms with Crippen molar-refractivity contribution in [1.82, 2.24) is 10.4 Å². The van der Waals surface area contributed by atoms with Gasteiger partial charge in [-0.15, -0.1) is 0 Å². The third-order valence-corrected chi connectivity index (χ3v) is 6.92. The van der Waals surface area contributed by atoms with Gasteiger partial charge in [0.25, 0.3) is 0 Å². The molecule has 0 bridgehead atoms. The zero-order valence-corrected chi connectivity index (χ0v) is 20.7. The lowest BCUT2D eigenvalue weighted by molar-refractivity contribution is -0.144. The van der Waals surface area contributed by atoms with Crippen LogP contribution in [-0.2, 0) is 16.0 Å². The fourth-order valence-electron chi connectivity index (χ4n) is 5.15. The van der Waals surface area contributed by atoms with Crippen molar-refractivity contribution in [2.45, 2.75) is 24.6 Å². The summed E-state index contributed by atoms with van der Waals surface area (Å²) in [5, 5.41) is 23.2. The predicted octanol–water partition coefficient (Wildman–Crippen LogP) is 3.87. The molecule has 4 aromatic carbocycles. The highest BCUT2D eigenvalue weighted by Gasteiger charge is 2.31. The highest BCUT2D eigenvalue weighted by molar-refractivity contribution is 5.85. The Labute approximate surface area is 220 Å². The SMILES string of the molecule is N[C@@H](Cc1cccc2ccccc12)C(O)N(CC(=O)O)NC(=O)OCC1c2ccccc2-c2ccccc21. The first kappa shape index (κ1) is 25.4. The number of hydrazine groups is 1. The number of carboxylic acid groups (broad SMARTS) is 1. The van der Waals surface area contributed by atoms with Crippen LogP contribution in [0, 0.1) is 0 Å². The van der Waals surface area contributed by atoms with E-state index in [1.165, 1.54) is 0 Å². The van der Waals surface area contributed by atoms with Crippen molar-refractivity contribution >= 4 is 22.8 Å². The Balaban J connectivity index is 1.26. The number of nitrogens with one attached hydrogen (secondary N) is 1. The van der Waals surface area contributed by atoms with Gasteiger partial charge < -0.3 is 20.7 Å². The molecular weight excluding hydrogens is 482 g/mol. The number of carboxylic acids is 1. The topological polar surface area (TPSA) is 125 Å². The standard InChI is InChI=1S/C30H29N3O5/c31-27(16-20-10-7-9-19-8-1-2-11-21(19)20)29(36)33(17-28(34)35)32-30(37)38-18-26-24-14-5-3-12-22(24)23-13-4-6-15-25(23)26/h1-15,26-27,29,36H,16-18,31H2,(H,32,37)(H,34,35)/t27-,29?/m0/s1. The average Bonchev–Trinajstić information content (AvgIpc) is 3.24. The Kier molecular flexibility index (Phi) is 7.37. The number of carbonyl (C=O) groups excluding carboxylic acids is 1. The summed E-state index contributed by atoms with van der Waals surface area (Å²) in [5.41, 5.74) is 13.9. The largest absolute Gasteiger partial charge is 0.480 e. The van der Waals surface area contributed by atoms with Gasteiger partial charge in [-0.3, -0.25) is 10.2 Å². The highest BCUT2D eigenvalue weighted by atomic mass is 16.6. The number of hydrogen-bond donors (Lipinski definition) is 4. The van der Waals surface area contributed by atoms with Crippen molar-refractivity contribution in [1.29, 1.82) is 0 Å². The quantitative estimate of drug-likeness (QED) is 0.199. The van der Waals surface area contributed by atoms with E-state index >= 15 is 0 Å². The van der Waals surface area contributed by atoms with Crippen LogP contribution in [0.5, 0.6) is 0 Å². The molecule has 38 heavy (non-hydrogen) atoms. The van der Waals surface area contributed by atoms with Crippen molar-refractivity contribution in [2.75, 3.05) is 13.2 Å². The molecule has 0 spiro atoms. The first-order valence-electron chi connectivity index (χ1n) is 12.4. The molecule has 8 heteroatoms. The van der Waals surface area contributed by atoms with Gasteiger partial charge in [-0.25, -0.2) is 4.79 Å². The Morgan fingerprint density at radius 3 is 2.18 bits per heavy atom. The normalized spacial score (nSPS) is 14.1. The molecule has 0 aliphatic heterocycles. The molecule has 0 heterocycles. The van der Waals surface area contributed by atoms with Crippen LogP contribution in [0.15, 0.2) is 91.0 Å². The summed E-state index contributed by atoms with van der Waals surface area (Å²) < 4.78 is 5.52. The minimum atomic E-state index is -1.47. The van der Waals surface area contributed by atoms with E-state index in [-0.39, 0.29) is 18.9 Å². The van der Waals surface area contributed by atoms with Crippen molar-refractivity contribution < 1.29 is 24.5 Å². The molecule has 4 aromatic rings. The summed E-state index contributed by atoms with van der Waals surface area (Å²) in [4.78, 5) is 24.3. The number of amides is 1. The summed E-state index contributed by atoms with van der Waals surface area (Å²) in [6, 6.07) is 28.6. The molecule has 0 fully saturated rings. The van der Waals surface area contributed by atoms with E-state index in [1.807, 2.05) is 91.0 Å². The maximum Gasteiger partial charge on any atom is 0.421 e. The van der Waals surface area contributed by atoms with Crippen LogP contribution in [0.25, 0.3) is 21.9 Å². The molecule has 0 radical (unpaired) electrons. The van der Waals surface area contributed by atoms with Crippen LogP contribution in [0.3, 0.4) is 0 Å². The van der Waals surface area contributed by atoms with Crippen molar-refractivity contribution in [3.8, 4) is 11.1 Å². The fourth-order valence-corrected chi connectivity index (χ4v) is 5.15. The summed E-state index contributed by atoms with van der Waals surface area (Å²) in [6.45, 7) is -0.604. The number of carbonyl (C=O) groups is 2. The van der Waals surface area contributed by atoms with Gasteiger partial charge in [-0.1, -0.05) is 91.0 Å². The second-order valence-electron chi connectivity index (χ2n) is 9.38. The minimum Gasteiger partial charge on any atom is -0.480 e. The summed E-state index contributed by atoms with van der Waals surface area (Å²) in [6.07, 6.45) is -2.07. The third kappa shape index (κ3) is 5.24. The average molecular weight is 512 g/mol. The molecule has 1 amide bonds. The van der Waals surface area contributed by atoms with Crippen molar-refractivity contribution in [3.63, 3.8) is 0 Å². The number of hydrogen-bond acceptors (Lipinski definition) is 6. The molecule has 0 saturated heterocycles. The predicted molar refractivity (Wildman–Crippen MR) is 144 cm³/mol. The molecule has 8 nitrogen and oxygen atoms in total. The molecule has 5 rings (SSSR count).